The summed E-state index contributed by atoms with van der Waals surface area (Å²) >= 11 is 0. The van der Waals surface area contributed by atoms with Gasteiger partial charge in [-0.05, 0) is 37.6 Å². The Balaban J connectivity index is 1.88. The number of amides is 1. The van der Waals surface area contributed by atoms with E-state index in [4.69, 9.17) is 4.74 Å². The lowest BCUT2D eigenvalue weighted by Crippen LogP contribution is -2.41. The second kappa shape index (κ2) is 10.9. The van der Waals surface area contributed by atoms with E-state index in [2.05, 4.69) is 20.9 Å². The highest BCUT2D eigenvalue weighted by molar-refractivity contribution is 5.94. The van der Waals surface area contributed by atoms with Crippen LogP contribution >= 0.6 is 0 Å². The molecule has 0 aromatic heterocycles. The van der Waals surface area contributed by atoms with Crippen molar-refractivity contribution in [3.8, 4) is 5.75 Å². The molecule has 0 saturated carbocycles. The van der Waals surface area contributed by atoms with Crippen molar-refractivity contribution < 1.29 is 13.9 Å². The van der Waals surface area contributed by atoms with Crippen molar-refractivity contribution in [3.63, 3.8) is 0 Å². The topological polar surface area (TPSA) is 74.8 Å². The summed E-state index contributed by atoms with van der Waals surface area (Å²) in [6, 6.07) is 11.9. The molecule has 0 radical (unpaired) electrons. The number of carbonyl (C=O) groups is 1. The van der Waals surface area contributed by atoms with Crippen LogP contribution in [0.4, 0.5) is 4.39 Å². The Labute approximate surface area is 165 Å². The molecule has 3 N–H and O–H groups in total. The molecule has 0 fully saturated rings. The lowest BCUT2D eigenvalue weighted by molar-refractivity contribution is 0.0950. The van der Waals surface area contributed by atoms with Crippen LogP contribution in [0.1, 0.15) is 28.4 Å². The number of aliphatic imine (C=N–C) groups is 1. The lowest BCUT2D eigenvalue weighted by Gasteiger charge is -2.13. The van der Waals surface area contributed by atoms with Crippen LogP contribution in [0.25, 0.3) is 0 Å². The third-order valence-corrected chi connectivity index (χ3v) is 4.02. The number of benzene rings is 2. The summed E-state index contributed by atoms with van der Waals surface area (Å²) in [6.07, 6.45) is 0. The zero-order valence-electron chi connectivity index (χ0n) is 16.5. The largest absolute Gasteiger partial charge is 0.496 e. The maximum atomic E-state index is 13.6. The van der Waals surface area contributed by atoms with E-state index in [0.29, 0.717) is 32.1 Å². The summed E-state index contributed by atoms with van der Waals surface area (Å²) in [5.41, 5.74) is 2.15. The summed E-state index contributed by atoms with van der Waals surface area (Å²) in [5.74, 6) is 0.461. The Morgan fingerprint density at radius 2 is 1.86 bits per heavy atom. The molecule has 28 heavy (non-hydrogen) atoms. The second-order valence-electron chi connectivity index (χ2n) is 6.17. The summed E-state index contributed by atoms with van der Waals surface area (Å²) in [7, 11) is 1.64. The van der Waals surface area contributed by atoms with Crippen LogP contribution in [0.2, 0.25) is 0 Å². The highest BCUT2D eigenvalue weighted by Crippen LogP contribution is 2.20. The van der Waals surface area contributed by atoms with Gasteiger partial charge in [0.05, 0.1) is 19.2 Å². The van der Waals surface area contributed by atoms with Crippen LogP contribution in [0.3, 0.4) is 0 Å². The molecule has 2 aromatic carbocycles. The Hall–Kier alpha value is -3.09. The SMILES string of the molecule is CCNC(=NCc1ccc(C)cc1OC)NCCNC(=O)c1ccccc1F. The minimum atomic E-state index is -0.532. The minimum absolute atomic E-state index is 0.0366. The number of rotatable bonds is 8. The predicted molar refractivity (Wildman–Crippen MR) is 109 cm³/mol. The molecule has 1 amide bonds. The highest BCUT2D eigenvalue weighted by atomic mass is 19.1. The van der Waals surface area contributed by atoms with Crippen LogP contribution in [-0.4, -0.2) is 38.6 Å². The summed E-state index contributed by atoms with van der Waals surface area (Å²) < 4.78 is 19.0. The normalized spacial score (nSPS) is 11.1. The van der Waals surface area contributed by atoms with E-state index in [9.17, 15) is 9.18 Å². The maximum Gasteiger partial charge on any atom is 0.254 e. The maximum absolute atomic E-state index is 13.6. The molecule has 2 rings (SSSR count). The van der Waals surface area contributed by atoms with Crippen LogP contribution < -0.4 is 20.7 Å². The van der Waals surface area contributed by atoms with Crippen molar-refractivity contribution >= 4 is 11.9 Å². The van der Waals surface area contributed by atoms with Gasteiger partial charge >= 0.3 is 0 Å². The molecule has 0 aliphatic heterocycles. The van der Waals surface area contributed by atoms with E-state index < -0.39 is 11.7 Å². The quantitative estimate of drug-likeness (QED) is 0.370. The number of halogens is 1. The Morgan fingerprint density at radius 3 is 2.57 bits per heavy atom. The number of hydrogen-bond donors (Lipinski definition) is 3. The fraction of sp³-hybridized carbons (Fsp3) is 0.333. The van der Waals surface area contributed by atoms with Crippen molar-refractivity contribution in [3.05, 3.63) is 65.0 Å². The molecule has 7 heteroatoms. The molecular weight excluding hydrogens is 359 g/mol. The van der Waals surface area contributed by atoms with Gasteiger partial charge in [-0.15, -0.1) is 0 Å². The first-order valence-electron chi connectivity index (χ1n) is 9.23. The monoisotopic (exact) mass is 386 g/mol. The molecule has 6 nitrogen and oxygen atoms in total. The van der Waals surface area contributed by atoms with Crippen molar-refractivity contribution in [2.75, 3.05) is 26.7 Å². The highest BCUT2D eigenvalue weighted by Gasteiger charge is 2.09. The van der Waals surface area contributed by atoms with Crippen molar-refractivity contribution in [2.45, 2.75) is 20.4 Å². The number of carbonyl (C=O) groups excluding carboxylic acids is 1. The number of methoxy groups -OCH3 is 1. The third kappa shape index (κ3) is 6.26. The van der Waals surface area contributed by atoms with Gasteiger partial charge in [-0.25, -0.2) is 9.38 Å². The molecule has 0 spiro atoms. The van der Waals surface area contributed by atoms with Gasteiger partial charge in [0.25, 0.3) is 5.91 Å². The zero-order valence-corrected chi connectivity index (χ0v) is 16.5. The van der Waals surface area contributed by atoms with E-state index in [1.165, 1.54) is 12.1 Å². The Morgan fingerprint density at radius 1 is 1.11 bits per heavy atom. The molecule has 2 aromatic rings. The predicted octanol–water partition coefficient (Wildman–Crippen LogP) is 2.63. The summed E-state index contributed by atoms with van der Waals surface area (Å²) in [4.78, 5) is 16.6. The van der Waals surface area contributed by atoms with E-state index in [-0.39, 0.29) is 5.56 Å². The first kappa shape index (κ1) is 21.2. The van der Waals surface area contributed by atoms with Crippen LogP contribution in [0, 0.1) is 12.7 Å². The van der Waals surface area contributed by atoms with Crippen LogP contribution in [0.5, 0.6) is 5.75 Å². The molecule has 0 heterocycles. The number of aryl methyl sites for hydroxylation is 1. The van der Waals surface area contributed by atoms with Crippen molar-refractivity contribution in [1.29, 1.82) is 0 Å². The van der Waals surface area contributed by atoms with Crippen molar-refractivity contribution in [1.82, 2.24) is 16.0 Å². The molecule has 150 valence electrons. The van der Waals surface area contributed by atoms with Gasteiger partial charge in [0.2, 0.25) is 0 Å². The van der Waals surface area contributed by atoms with Crippen molar-refractivity contribution in [2.24, 2.45) is 4.99 Å². The average Bonchev–Trinajstić information content (AvgIpc) is 2.70. The average molecular weight is 386 g/mol. The molecule has 0 atom stereocenters. The van der Waals surface area contributed by atoms with Gasteiger partial charge in [-0.1, -0.05) is 24.3 Å². The third-order valence-electron chi connectivity index (χ3n) is 4.02. The first-order chi connectivity index (χ1) is 13.5. The number of ether oxygens (including phenoxy) is 1. The van der Waals surface area contributed by atoms with E-state index >= 15 is 0 Å². The zero-order chi connectivity index (χ0) is 20.4. The van der Waals surface area contributed by atoms with Crippen LogP contribution in [-0.2, 0) is 6.54 Å². The number of hydrogen-bond acceptors (Lipinski definition) is 3. The molecule has 0 saturated heterocycles. The standard InChI is InChI=1S/C21H27FN4O2/c1-4-23-21(26-14-16-10-9-15(2)13-19(16)28-3)25-12-11-24-20(27)17-7-5-6-8-18(17)22/h5-10,13H,4,11-12,14H2,1-3H3,(H,24,27)(H2,23,25,26). The summed E-state index contributed by atoms with van der Waals surface area (Å²) in [6.45, 7) is 5.95. The number of nitrogens with zero attached hydrogens (tertiary/aromatic N) is 1. The Bertz CT molecular complexity index is 824. The van der Waals surface area contributed by atoms with E-state index in [0.717, 1.165) is 16.9 Å². The first-order valence-corrected chi connectivity index (χ1v) is 9.23. The van der Waals surface area contributed by atoms with Gasteiger partial charge in [0.1, 0.15) is 11.6 Å². The number of nitrogens with one attached hydrogen (secondary N) is 3. The van der Waals surface area contributed by atoms with Gasteiger partial charge in [-0.3, -0.25) is 4.79 Å². The van der Waals surface area contributed by atoms with E-state index in [1.807, 2.05) is 32.0 Å². The lowest BCUT2D eigenvalue weighted by atomic mass is 10.1. The fourth-order valence-electron chi connectivity index (χ4n) is 2.59. The number of guanidine groups is 1. The molecule has 0 aliphatic carbocycles. The fourth-order valence-corrected chi connectivity index (χ4v) is 2.59. The molecule has 0 unspecified atom stereocenters. The Kier molecular flexibility index (Phi) is 8.27. The second-order valence-corrected chi connectivity index (χ2v) is 6.17. The molecular formula is C21H27FN4O2. The smallest absolute Gasteiger partial charge is 0.254 e. The van der Waals surface area contributed by atoms with Gasteiger partial charge in [0.15, 0.2) is 5.96 Å². The van der Waals surface area contributed by atoms with Gasteiger partial charge in [0, 0.05) is 25.2 Å². The minimum Gasteiger partial charge on any atom is -0.496 e. The molecule has 0 bridgehead atoms. The van der Waals surface area contributed by atoms with Gasteiger partial charge < -0.3 is 20.7 Å². The van der Waals surface area contributed by atoms with Gasteiger partial charge in [-0.2, -0.15) is 0 Å². The summed E-state index contributed by atoms with van der Waals surface area (Å²) in [5, 5.41) is 9.00. The van der Waals surface area contributed by atoms with E-state index in [1.54, 1.807) is 19.2 Å². The van der Waals surface area contributed by atoms with Crippen LogP contribution in [0.15, 0.2) is 47.5 Å². The molecule has 0 aliphatic rings.